The lowest BCUT2D eigenvalue weighted by Crippen LogP contribution is -2.42. The Morgan fingerprint density at radius 3 is 2.53 bits per heavy atom. The number of hydrogen-bond donors (Lipinski definition) is 1. The van der Waals surface area contributed by atoms with Crippen molar-refractivity contribution in [3.05, 3.63) is 0 Å². The van der Waals surface area contributed by atoms with Crippen molar-refractivity contribution >= 4 is 15.8 Å². The number of sulfonamides is 1. The molecule has 2 aliphatic rings. The molecular weight excluding hydrogens is 266 g/mol. The van der Waals surface area contributed by atoms with Crippen molar-refractivity contribution in [3.8, 4) is 0 Å². The summed E-state index contributed by atoms with van der Waals surface area (Å²) >= 11 is 0. The smallest absolute Gasteiger partial charge is 0.211 e. The fourth-order valence-corrected chi connectivity index (χ4v) is 4.13. The van der Waals surface area contributed by atoms with Gasteiger partial charge in [0.05, 0.1) is 6.26 Å². The van der Waals surface area contributed by atoms with Crippen molar-refractivity contribution in [2.75, 3.05) is 19.3 Å². The lowest BCUT2D eigenvalue weighted by Gasteiger charge is -2.32. The van der Waals surface area contributed by atoms with Crippen molar-refractivity contribution in [1.82, 2.24) is 4.31 Å². The fraction of sp³-hybridized carbons (Fsp3) is 0.923. The van der Waals surface area contributed by atoms with Gasteiger partial charge in [0.25, 0.3) is 0 Å². The number of Topliss-reactive ketones (excluding diaryl/α,β-unsaturated/α-hetero) is 1. The molecule has 1 aliphatic heterocycles. The van der Waals surface area contributed by atoms with Gasteiger partial charge in [-0.1, -0.05) is 0 Å². The normalized spacial score (nSPS) is 28.4. The van der Waals surface area contributed by atoms with E-state index in [0.29, 0.717) is 32.4 Å². The molecule has 0 radical (unpaired) electrons. The van der Waals surface area contributed by atoms with Gasteiger partial charge in [-0.05, 0) is 44.4 Å². The quantitative estimate of drug-likeness (QED) is 0.835. The van der Waals surface area contributed by atoms with Gasteiger partial charge in [-0.3, -0.25) is 4.79 Å². The average molecular weight is 289 g/mol. The second-order valence-corrected chi connectivity index (χ2v) is 7.98. The van der Waals surface area contributed by atoms with Crippen LogP contribution in [0.2, 0.25) is 0 Å². The number of carbonyl (C=O) groups excluding carboxylic acids is 1. The molecule has 0 aromatic carbocycles. The largest absolute Gasteiger partial charge is 0.382 e. The zero-order chi connectivity index (χ0) is 14.1. The van der Waals surface area contributed by atoms with E-state index < -0.39 is 15.6 Å². The highest BCUT2D eigenvalue weighted by molar-refractivity contribution is 7.88. The van der Waals surface area contributed by atoms with Gasteiger partial charge in [0.1, 0.15) is 5.60 Å². The Hall–Kier alpha value is -0.460. The third kappa shape index (κ3) is 3.55. The van der Waals surface area contributed by atoms with Crippen LogP contribution < -0.4 is 0 Å². The molecule has 2 fully saturated rings. The molecule has 5 nitrogen and oxygen atoms in total. The number of aliphatic hydroxyl groups is 1. The topological polar surface area (TPSA) is 74.7 Å². The van der Waals surface area contributed by atoms with Crippen molar-refractivity contribution in [1.29, 1.82) is 0 Å². The van der Waals surface area contributed by atoms with Crippen LogP contribution in [0.5, 0.6) is 0 Å². The summed E-state index contributed by atoms with van der Waals surface area (Å²) < 4.78 is 24.5. The Bertz CT molecular complexity index is 440. The van der Waals surface area contributed by atoms with Crippen molar-refractivity contribution in [2.24, 2.45) is 5.92 Å². The minimum atomic E-state index is -3.17. The number of nitrogens with zero attached hydrogens (tertiary/aromatic N) is 1. The highest BCUT2D eigenvalue weighted by Crippen LogP contribution is 2.33. The summed E-state index contributed by atoms with van der Waals surface area (Å²) in [6.07, 6.45) is 6.12. The molecule has 0 spiro atoms. The predicted octanol–water partition coefficient (Wildman–Crippen LogP) is 0.922. The summed E-state index contributed by atoms with van der Waals surface area (Å²) in [7, 11) is -3.17. The molecule has 19 heavy (non-hydrogen) atoms. The van der Waals surface area contributed by atoms with Gasteiger partial charge in [-0.15, -0.1) is 0 Å². The lowest BCUT2D eigenvalue weighted by molar-refractivity contribution is -0.138. The van der Waals surface area contributed by atoms with E-state index in [1.54, 1.807) is 0 Å². The van der Waals surface area contributed by atoms with Crippen LogP contribution in [0.4, 0.5) is 0 Å². The number of ketones is 1. The third-order valence-electron chi connectivity index (χ3n) is 4.37. The van der Waals surface area contributed by atoms with Crippen LogP contribution in [-0.2, 0) is 14.8 Å². The zero-order valence-corrected chi connectivity index (χ0v) is 12.3. The van der Waals surface area contributed by atoms with Crippen LogP contribution in [0.25, 0.3) is 0 Å². The summed E-state index contributed by atoms with van der Waals surface area (Å²) in [5.74, 6) is -0.0362. The van der Waals surface area contributed by atoms with Crippen LogP contribution in [-0.4, -0.2) is 48.6 Å². The first-order chi connectivity index (χ1) is 8.81. The van der Waals surface area contributed by atoms with Crippen molar-refractivity contribution in [2.45, 2.75) is 50.5 Å². The Kier molecular flexibility index (Phi) is 4.32. The maximum Gasteiger partial charge on any atom is 0.211 e. The molecule has 0 aromatic heterocycles. The first kappa shape index (κ1) is 14.9. The van der Waals surface area contributed by atoms with Gasteiger partial charge in [-0.25, -0.2) is 12.7 Å². The summed E-state index contributed by atoms with van der Waals surface area (Å²) in [6, 6.07) is 0. The SMILES string of the molecule is CS(=O)(=O)N1CCCC(CC(=O)C2(O)CCCC2)C1. The fourth-order valence-electron chi connectivity index (χ4n) is 3.19. The molecule has 0 amide bonds. The van der Waals surface area contributed by atoms with Gasteiger partial charge in [-0.2, -0.15) is 0 Å². The van der Waals surface area contributed by atoms with Gasteiger partial charge in [0.2, 0.25) is 10.0 Å². The first-order valence-corrected chi connectivity index (χ1v) is 8.87. The first-order valence-electron chi connectivity index (χ1n) is 7.02. The average Bonchev–Trinajstić information content (AvgIpc) is 2.77. The summed E-state index contributed by atoms with van der Waals surface area (Å²) in [5, 5.41) is 10.2. The minimum absolute atomic E-state index is 0.0561. The lowest BCUT2D eigenvalue weighted by atomic mass is 9.86. The third-order valence-corrected chi connectivity index (χ3v) is 5.64. The molecule has 1 saturated carbocycles. The Morgan fingerprint density at radius 2 is 1.95 bits per heavy atom. The highest BCUT2D eigenvalue weighted by Gasteiger charge is 2.40. The van der Waals surface area contributed by atoms with E-state index in [4.69, 9.17) is 0 Å². The van der Waals surface area contributed by atoms with Gasteiger partial charge in [0.15, 0.2) is 5.78 Å². The Balaban J connectivity index is 1.94. The molecule has 1 N–H and O–H groups in total. The number of hydrogen-bond acceptors (Lipinski definition) is 4. The molecule has 1 unspecified atom stereocenters. The molecule has 1 saturated heterocycles. The zero-order valence-electron chi connectivity index (χ0n) is 11.5. The van der Waals surface area contributed by atoms with E-state index in [2.05, 4.69) is 0 Å². The highest BCUT2D eigenvalue weighted by atomic mass is 32.2. The molecule has 0 bridgehead atoms. The number of piperidine rings is 1. The molecule has 1 atom stereocenters. The molecular formula is C13H23NO4S. The maximum atomic E-state index is 12.2. The summed E-state index contributed by atoms with van der Waals surface area (Å²) in [5.41, 5.74) is -1.13. The summed E-state index contributed by atoms with van der Waals surface area (Å²) in [4.78, 5) is 12.2. The number of carbonyl (C=O) groups is 1. The Labute approximate surface area is 115 Å². The monoisotopic (exact) mass is 289 g/mol. The van der Waals surface area contributed by atoms with Gasteiger partial charge < -0.3 is 5.11 Å². The van der Waals surface area contributed by atoms with Crippen LogP contribution in [0, 0.1) is 5.92 Å². The van der Waals surface area contributed by atoms with Crippen LogP contribution >= 0.6 is 0 Å². The standard InChI is InChI=1S/C13H23NO4S/c1-19(17,18)14-8-4-5-11(10-14)9-12(15)13(16)6-2-3-7-13/h11,16H,2-10H2,1H3. The van der Waals surface area contributed by atoms with E-state index in [0.717, 1.165) is 25.7 Å². The van der Waals surface area contributed by atoms with E-state index >= 15 is 0 Å². The van der Waals surface area contributed by atoms with E-state index in [-0.39, 0.29) is 11.7 Å². The molecule has 2 rings (SSSR count). The van der Waals surface area contributed by atoms with E-state index in [9.17, 15) is 18.3 Å². The van der Waals surface area contributed by atoms with Crippen LogP contribution in [0.3, 0.4) is 0 Å². The van der Waals surface area contributed by atoms with Gasteiger partial charge >= 0.3 is 0 Å². The van der Waals surface area contributed by atoms with E-state index in [1.807, 2.05) is 0 Å². The maximum absolute atomic E-state index is 12.2. The molecule has 0 aromatic rings. The van der Waals surface area contributed by atoms with Gasteiger partial charge in [0, 0.05) is 19.5 Å². The number of rotatable bonds is 4. The van der Waals surface area contributed by atoms with Crippen LogP contribution in [0.1, 0.15) is 44.9 Å². The summed E-state index contributed by atoms with van der Waals surface area (Å²) in [6.45, 7) is 0.967. The molecule has 6 heteroatoms. The molecule has 1 heterocycles. The molecule has 1 aliphatic carbocycles. The van der Waals surface area contributed by atoms with Crippen molar-refractivity contribution in [3.63, 3.8) is 0 Å². The Morgan fingerprint density at radius 1 is 1.32 bits per heavy atom. The minimum Gasteiger partial charge on any atom is -0.382 e. The predicted molar refractivity (Wildman–Crippen MR) is 72.2 cm³/mol. The molecule has 110 valence electrons. The van der Waals surface area contributed by atoms with Crippen molar-refractivity contribution < 1.29 is 18.3 Å². The second kappa shape index (κ2) is 5.50. The second-order valence-electron chi connectivity index (χ2n) is 6.00. The van der Waals surface area contributed by atoms with Crippen LogP contribution in [0.15, 0.2) is 0 Å². The van der Waals surface area contributed by atoms with E-state index in [1.165, 1.54) is 10.6 Å².